The zero-order valence-electron chi connectivity index (χ0n) is 8.57. The van der Waals surface area contributed by atoms with Crippen LogP contribution in [-0.2, 0) is 0 Å². The van der Waals surface area contributed by atoms with Crippen molar-refractivity contribution >= 4 is 17.7 Å². The molecular weight excluding hydrogens is 194 g/mol. The molecular formula is C12H16ClN. The third kappa shape index (κ3) is 3.52. The molecule has 0 radical (unpaired) electrons. The van der Waals surface area contributed by atoms with E-state index >= 15 is 0 Å². The van der Waals surface area contributed by atoms with Gasteiger partial charge in [0.25, 0.3) is 0 Å². The van der Waals surface area contributed by atoms with Crippen LogP contribution in [0.25, 0.3) is 6.08 Å². The van der Waals surface area contributed by atoms with Gasteiger partial charge in [0.1, 0.15) is 0 Å². The summed E-state index contributed by atoms with van der Waals surface area (Å²) in [4.78, 5) is 0. The van der Waals surface area contributed by atoms with Gasteiger partial charge in [-0.25, -0.2) is 0 Å². The molecule has 0 fully saturated rings. The molecule has 0 saturated carbocycles. The minimum absolute atomic E-state index is 0.116. The van der Waals surface area contributed by atoms with Gasteiger partial charge in [-0.05, 0) is 23.6 Å². The normalized spacial score (nSPS) is 13.8. The van der Waals surface area contributed by atoms with Crippen molar-refractivity contribution in [2.24, 2.45) is 11.7 Å². The summed E-state index contributed by atoms with van der Waals surface area (Å²) in [5.41, 5.74) is 7.01. The molecule has 2 N–H and O–H groups in total. The third-order valence-corrected chi connectivity index (χ3v) is 2.40. The first-order valence-corrected chi connectivity index (χ1v) is 5.17. The predicted octanol–water partition coefficient (Wildman–Crippen LogP) is 3.34. The van der Waals surface area contributed by atoms with Crippen molar-refractivity contribution in [2.75, 3.05) is 0 Å². The maximum Gasteiger partial charge on any atom is 0.0406 e. The lowest BCUT2D eigenvalue weighted by molar-refractivity contribution is 0.572. The first-order chi connectivity index (χ1) is 6.59. The maximum atomic E-state index is 5.88. The van der Waals surface area contributed by atoms with E-state index in [-0.39, 0.29) is 6.04 Å². The Kier molecular flexibility index (Phi) is 4.18. The van der Waals surface area contributed by atoms with Gasteiger partial charge in [0.2, 0.25) is 0 Å². The molecule has 1 rings (SSSR count). The molecule has 0 aliphatic rings. The highest BCUT2D eigenvalue weighted by Gasteiger charge is 2.01. The molecule has 0 amide bonds. The van der Waals surface area contributed by atoms with E-state index in [0.717, 1.165) is 10.6 Å². The van der Waals surface area contributed by atoms with Crippen LogP contribution in [0.5, 0.6) is 0 Å². The number of hydrogen-bond acceptors (Lipinski definition) is 1. The van der Waals surface area contributed by atoms with E-state index in [2.05, 4.69) is 13.8 Å². The Balaban J connectivity index is 2.64. The summed E-state index contributed by atoms with van der Waals surface area (Å²) in [5, 5.41) is 0.760. The average molecular weight is 210 g/mol. The van der Waals surface area contributed by atoms with Crippen molar-refractivity contribution in [1.29, 1.82) is 0 Å². The second kappa shape index (κ2) is 5.18. The molecule has 0 aliphatic heterocycles. The average Bonchev–Trinajstić information content (AvgIpc) is 2.16. The lowest BCUT2D eigenvalue weighted by atomic mass is 10.0. The van der Waals surface area contributed by atoms with Crippen molar-refractivity contribution in [3.63, 3.8) is 0 Å². The number of rotatable bonds is 3. The largest absolute Gasteiger partial charge is 0.324 e. The predicted molar refractivity (Wildman–Crippen MR) is 63.3 cm³/mol. The van der Waals surface area contributed by atoms with Crippen LogP contribution in [0.1, 0.15) is 19.4 Å². The van der Waals surface area contributed by atoms with E-state index in [1.54, 1.807) is 0 Å². The molecule has 0 aromatic heterocycles. The van der Waals surface area contributed by atoms with Crippen molar-refractivity contribution in [2.45, 2.75) is 19.9 Å². The topological polar surface area (TPSA) is 26.0 Å². The van der Waals surface area contributed by atoms with E-state index in [0.29, 0.717) is 5.92 Å². The van der Waals surface area contributed by atoms with Crippen LogP contribution in [0.4, 0.5) is 0 Å². The Bertz CT molecular complexity index is 301. The van der Waals surface area contributed by atoms with Crippen molar-refractivity contribution in [1.82, 2.24) is 0 Å². The molecule has 0 spiro atoms. The lowest BCUT2D eigenvalue weighted by Gasteiger charge is -2.09. The fraction of sp³-hybridized carbons (Fsp3) is 0.333. The molecule has 1 aromatic carbocycles. The summed E-state index contributed by atoms with van der Waals surface area (Å²) in [7, 11) is 0. The summed E-state index contributed by atoms with van der Waals surface area (Å²) in [6, 6.07) is 7.83. The van der Waals surface area contributed by atoms with Crippen molar-refractivity contribution in [3.05, 3.63) is 40.9 Å². The zero-order valence-corrected chi connectivity index (χ0v) is 9.33. The molecule has 1 nitrogen and oxygen atoms in total. The molecule has 0 bridgehead atoms. The van der Waals surface area contributed by atoms with Gasteiger partial charge in [-0.2, -0.15) is 0 Å². The summed E-state index contributed by atoms with van der Waals surface area (Å²) >= 11 is 5.78. The van der Waals surface area contributed by atoms with Crippen LogP contribution in [0.3, 0.4) is 0 Å². The van der Waals surface area contributed by atoms with Crippen LogP contribution in [0.2, 0.25) is 5.02 Å². The van der Waals surface area contributed by atoms with Gasteiger partial charge in [0.05, 0.1) is 0 Å². The Labute approximate surface area is 90.6 Å². The summed E-state index contributed by atoms with van der Waals surface area (Å²) < 4.78 is 0. The Morgan fingerprint density at radius 3 is 2.29 bits per heavy atom. The fourth-order valence-electron chi connectivity index (χ4n) is 1.02. The highest BCUT2D eigenvalue weighted by molar-refractivity contribution is 6.30. The van der Waals surface area contributed by atoms with Crippen LogP contribution in [-0.4, -0.2) is 6.04 Å². The second-order valence-corrected chi connectivity index (χ2v) is 4.17. The van der Waals surface area contributed by atoms with Crippen LogP contribution >= 0.6 is 11.6 Å². The first kappa shape index (κ1) is 11.3. The molecule has 0 heterocycles. The number of nitrogens with two attached hydrogens (primary N) is 1. The molecule has 76 valence electrons. The Morgan fingerprint density at radius 2 is 1.79 bits per heavy atom. The van der Waals surface area contributed by atoms with Gasteiger partial charge in [0, 0.05) is 11.1 Å². The van der Waals surface area contributed by atoms with E-state index in [1.807, 2.05) is 36.4 Å². The van der Waals surface area contributed by atoms with Gasteiger partial charge in [-0.15, -0.1) is 0 Å². The van der Waals surface area contributed by atoms with E-state index < -0.39 is 0 Å². The van der Waals surface area contributed by atoms with E-state index in [9.17, 15) is 0 Å². The molecule has 2 heteroatoms. The van der Waals surface area contributed by atoms with Gasteiger partial charge in [-0.3, -0.25) is 0 Å². The molecule has 1 aromatic rings. The smallest absolute Gasteiger partial charge is 0.0406 e. The molecule has 0 aliphatic carbocycles. The van der Waals surface area contributed by atoms with Crippen LogP contribution in [0, 0.1) is 5.92 Å². The second-order valence-electron chi connectivity index (χ2n) is 3.73. The number of halogens is 1. The quantitative estimate of drug-likeness (QED) is 0.812. The lowest BCUT2D eigenvalue weighted by Crippen LogP contribution is -2.23. The van der Waals surface area contributed by atoms with Gasteiger partial charge in [0.15, 0.2) is 0 Å². The molecule has 1 atom stereocenters. The fourth-order valence-corrected chi connectivity index (χ4v) is 1.14. The van der Waals surface area contributed by atoms with Crippen molar-refractivity contribution < 1.29 is 0 Å². The van der Waals surface area contributed by atoms with Gasteiger partial charge < -0.3 is 5.73 Å². The molecule has 1 unspecified atom stereocenters. The van der Waals surface area contributed by atoms with Gasteiger partial charge in [-0.1, -0.05) is 49.7 Å². The van der Waals surface area contributed by atoms with Crippen molar-refractivity contribution in [3.8, 4) is 0 Å². The SMILES string of the molecule is CC(C)C(N)/C=C/c1ccc(Cl)cc1. The highest BCUT2D eigenvalue weighted by atomic mass is 35.5. The Morgan fingerprint density at radius 1 is 1.21 bits per heavy atom. The minimum Gasteiger partial charge on any atom is -0.324 e. The number of benzene rings is 1. The van der Waals surface area contributed by atoms with E-state index in [4.69, 9.17) is 17.3 Å². The molecule has 14 heavy (non-hydrogen) atoms. The van der Waals surface area contributed by atoms with E-state index in [1.165, 1.54) is 0 Å². The maximum absolute atomic E-state index is 5.88. The van der Waals surface area contributed by atoms with Gasteiger partial charge >= 0.3 is 0 Å². The summed E-state index contributed by atoms with van der Waals surface area (Å²) in [6.45, 7) is 4.22. The monoisotopic (exact) mass is 209 g/mol. The number of hydrogen-bond donors (Lipinski definition) is 1. The zero-order chi connectivity index (χ0) is 10.6. The minimum atomic E-state index is 0.116. The summed E-state index contributed by atoms with van der Waals surface area (Å²) in [5.74, 6) is 0.471. The third-order valence-electron chi connectivity index (χ3n) is 2.15. The molecule has 0 saturated heterocycles. The highest BCUT2D eigenvalue weighted by Crippen LogP contribution is 2.11. The Hall–Kier alpha value is -0.790. The van der Waals surface area contributed by atoms with Crippen LogP contribution in [0.15, 0.2) is 30.3 Å². The van der Waals surface area contributed by atoms with Crippen LogP contribution < -0.4 is 5.73 Å². The summed E-state index contributed by atoms with van der Waals surface area (Å²) in [6.07, 6.45) is 4.05. The standard InChI is InChI=1S/C12H16ClN/c1-9(2)12(14)8-5-10-3-6-11(13)7-4-10/h3-9,12H,14H2,1-2H3/b8-5+. The first-order valence-electron chi connectivity index (χ1n) is 4.79.